The first-order valence-electron chi connectivity index (χ1n) is 12.2. The Bertz CT molecular complexity index is 485. The zero-order valence-electron chi connectivity index (χ0n) is 21.8. The van der Waals surface area contributed by atoms with Gasteiger partial charge < -0.3 is 23.7 Å². The van der Waals surface area contributed by atoms with Crippen molar-refractivity contribution in [2.24, 2.45) is 0 Å². The van der Waals surface area contributed by atoms with Crippen LogP contribution in [0.5, 0.6) is 0 Å². The summed E-state index contributed by atoms with van der Waals surface area (Å²) in [6.07, 6.45) is 2.55. The van der Waals surface area contributed by atoms with Crippen molar-refractivity contribution in [1.82, 2.24) is 0 Å². The summed E-state index contributed by atoms with van der Waals surface area (Å²) >= 11 is 0. The van der Waals surface area contributed by atoms with Gasteiger partial charge in [0, 0.05) is 39.3 Å². The van der Waals surface area contributed by atoms with E-state index in [9.17, 15) is 9.59 Å². The summed E-state index contributed by atoms with van der Waals surface area (Å²) in [5.74, 6) is -3.17. The molecule has 13 nitrogen and oxygen atoms in total. The van der Waals surface area contributed by atoms with Gasteiger partial charge in [0.25, 0.3) is 0 Å². The number of ether oxygens (including phenoxy) is 5. The minimum Gasteiger partial charge on any atom is -0.326 e. The molecule has 0 saturated carbocycles. The van der Waals surface area contributed by atoms with Gasteiger partial charge in [-0.2, -0.15) is 9.59 Å². The Morgan fingerprint density at radius 1 is 0.543 bits per heavy atom. The van der Waals surface area contributed by atoms with Crippen LogP contribution in [0.25, 0.3) is 0 Å². The van der Waals surface area contributed by atoms with Crippen LogP contribution in [0.4, 0.5) is 9.59 Å². The van der Waals surface area contributed by atoms with Crippen molar-refractivity contribution in [3.05, 3.63) is 0 Å². The van der Waals surface area contributed by atoms with Gasteiger partial charge in [-0.3, -0.25) is 0 Å². The molecule has 208 valence electrons. The molecule has 0 radical (unpaired) electrons. The van der Waals surface area contributed by atoms with Gasteiger partial charge in [-0.05, 0) is 50.6 Å². The molecule has 0 amide bonds. The third kappa shape index (κ3) is 15.2. The minimum absolute atomic E-state index is 0.243. The largest absolute Gasteiger partial charge is 0.553 e. The topological polar surface area (TPSA) is 136 Å². The van der Waals surface area contributed by atoms with Crippen LogP contribution in [-0.4, -0.2) is 50.7 Å². The second-order valence-corrected chi connectivity index (χ2v) is 7.08. The monoisotopic (exact) mass is 514 g/mol. The van der Waals surface area contributed by atoms with Crippen LogP contribution in [0.1, 0.15) is 92.9 Å². The molecule has 35 heavy (non-hydrogen) atoms. The first-order valence-corrected chi connectivity index (χ1v) is 12.2. The molecule has 0 atom stereocenters. The van der Waals surface area contributed by atoms with E-state index in [-0.39, 0.29) is 26.4 Å². The fourth-order valence-corrected chi connectivity index (χ4v) is 2.91. The molecule has 0 unspecified atom stereocenters. The van der Waals surface area contributed by atoms with E-state index in [1.807, 2.05) is 13.8 Å². The van der Waals surface area contributed by atoms with Gasteiger partial charge in [0.1, 0.15) is 0 Å². The van der Waals surface area contributed by atoms with Crippen molar-refractivity contribution in [2.75, 3.05) is 26.4 Å². The summed E-state index contributed by atoms with van der Waals surface area (Å²) in [6, 6.07) is 0. The second-order valence-electron chi connectivity index (χ2n) is 7.08. The molecule has 0 aromatic rings. The third-order valence-corrected chi connectivity index (χ3v) is 4.32. The van der Waals surface area contributed by atoms with Crippen LogP contribution in [-0.2, 0) is 53.3 Å². The fraction of sp³-hybridized carbons (Fsp3) is 0.909. The lowest BCUT2D eigenvalue weighted by molar-refractivity contribution is -0.599. The molecule has 0 spiro atoms. The molecule has 0 fully saturated rings. The Hall–Kier alpha value is -1.58. The maximum Gasteiger partial charge on any atom is 0.553 e. The van der Waals surface area contributed by atoms with Gasteiger partial charge in [-0.1, -0.05) is 39.5 Å². The van der Waals surface area contributed by atoms with E-state index < -0.39 is 24.3 Å². The lowest BCUT2D eigenvalue weighted by Gasteiger charge is -2.29. The molecule has 0 aromatic heterocycles. The first kappa shape index (κ1) is 33.4. The van der Waals surface area contributed by atoms with Crippen molar-refractivity contribution in [3.8, 4) is 0 Å². The molecule has 13 heteroatoms. The molecule has 0 aliphatic heterocycles. The van der Waals surface area contributed by atoms with Crippen molar-refractivity contribution in [2.45, 2.75) is 105 Å². The molecule has 0 aromatic carbocycles. The van der Waals surface area contributed by atoms with Gasteiger partial charge in [0.05, 0.1) is 0 Å². The normalized spacial score (nSPS) is 11.9. The predicted octanol–water partition coefficient (Wildman–Crippen LogP) is 5.62. The van der Waals surface area contributed by atoms with E-state index in [1.54, 1.807) is 27.7 Å². The van der Waals surface area contributed by atoms with Gasteiger partial charge in [-0.15, -0.1) is 9.78 Å². The van der Waals surface area contributed by atoms with Crippen LogP contribution in [0.15, 0.2) is 0 Å². The number of unbranched alkanes of at least 4 members (excludes halogenated alkanes) is 4. The van der Waals surface area contributed by atoms with Crippen molar-refractivity contribution in [1.29, 1.82) is 0 Å². The highest BCUT2D eigenvalue weighted by molar-refractivity contribution is 5.76. The highest BCUT2D eigenvalue weighted by Crippen LogP contribution is 2.25. The van der Waals surface area contributed by atoms with E-state index in [2.05, 4.69) is 24.6 Å². The highest BCUT2D eigenvalue weighted by atomic mass is 17.6. The summed E-state index contributed by atoms with van der Waals surface area (Å²) in [7, 11) is 0. The molecule has 0 saturated heterocycles. The zero-order valence-corrected chi connectivity index (χ0v) is 21.8. The molecule has 0 aliphatic carbocycles. The number of hydrogen-bond donors (Lipinski definition) is 0. The number of hydrogen-bond acceptors (Lipinski definition) is 13. The maximum absolute atomic E-state index is 11.7. The van der Waals surface area contributed by atoms with E-state index in [0.717, 1.165) is 25.7 Å². The second kappa shape index (κ2) is 20.6. The van der Waals surface area contributed by atoms with Crippen LogP contribution in [0.3, 0.4) is 0 Å². The Balaban J connectivity index is 4.62. The van der Waals surface area contributed by atoms with Crippen LogP contribution in [0.2, 0.25) is 0 Å². The summed E-state index contributed by atoms with van der Waals surface area (Å²) in [5, 5.41) is 8.86. The molecule has 0 heterocycles. The molecular formula is C22H42O13. The average Bonchev–Trinajstić information content (AvgIpc) is 2.80. The van der Waals surface area contributed by atoms with E-state index in [0.29, 0.717) is 25.7 Å². The number of carbonyl (C=O) groups excluding carboxylic acids is 2. The van der Waals surface area contributed by atoms with Crippen molar-refractivity contribution >= 4 is 12.3 Å². The molecular weight excluding hydrogens is 472 g/mol. The number of rotatable bonds is 22. The predicted molar refractivity (Wildman–Crippen MR) is 119 cm³/mol. The summed E-state index contributed by atoms with van der Waals surface area (Å²) in [6.45, 7) is 12.0. The summed E-state index contributed by atoms with van der Waals surface area (Å²) < 4.78 is 26.2. The van der Waals surface area contributed by atoms with Crippen LogP contribution < -0.4 is 0 Å². The lowest BCUT2D eigenvalue weighted by atomic mass is 10.2. The number of carbonyl (C=O) groups is 2. The highest BCUT2D eigenvalue weighted by Gasteiger charge is 2.37. The first-order chi connectivity index (χ1) is 16.9. The Morgan fingerprint density at radius 3 is 1.17 bits per heavy atom. The van der Waals surface area contributed by atoms with E-state index >= 15 is 0 Å². The van der Waals surface area contributed by atoms with Crippen molar-refractivity contribution in [3.63, 3.8) is 0 Å². The molecule has 0 bridgehead atoms. The standard InChI is InChI=1S/C22H42O13/c1-7-13-15-17-21(25-9-3,26-10-4)32-34-30-19(23)29-20(24)31-35-33-22(27-11-5,28-12-6)18-16-14-8-2/h7-18H2,1-6H3. The maximum atomic E-state index is 11.7. The van der Waals surface area contributed by atoms with Crippen LogP contribution >= 0.6 is 0 Å². The molecule has 0 N–H and O–H groups in total. The summed E-state index contributed by atoms with van der Waals surface area (Å²) in [5.41, 5.74) is 0. The zero-order chi connectivity index (χ0) is 26.4. The summed E-state index contributed by atoms with van der Waals surface area (Å²) in [4.78, 5) is 41.9. The Morgan fingerprint density at radius 2 is 0.886 bits per heavy atom. The van der Waals surface area contributed by atoms with Gasteiger partial charge in [0.15, 0.2) is 0 Å². The van der Waals surface area contributed by atoms with Gasteiger partial charge in [-0.25, -0.2) is 9.78 Å². The van der Waals surface area contributed by atoms with Crippen molar-refractivity contribution < 1.29 is 62.9 Å². The Kier molecular flexibility index (Phi) is 19.7. The lowest BCUT2D eigenvalue weighted by Crippen LogP contribution is -2.40. The minimum atomic E-state index is -1.60. The molecule has 0 rings (SSSR count). The van der Waals surface area contributed by atoms with Crippen LogP contribution in [0, 0.1) is 0 Å². The fourth-order valence-electron chi connectivity index (χ4n) is 2.91. The average molecular weight is 515 g/mol. The van der Waals surface area contributed by atoms with E-state index in [4.69, 9.17) is 28.7 Å². The smallest absolute Gasteiger partial charge is 0.326 e. The van der Waals surface area contributed by atoms with E-state index in [1.165, 1.54) is 0 Å². The molecule has 0 aliphatic rings. The SMILES string of the molecule is CCCCCC(OCC)(OCC)OOOC(=O)OC(=O)OOOC(CCCCC)(OCC)OCC. The quantitative estimate of drug-likeness (QED) is 0.0442. The Labute approximate surface area is 207 Å². The third-order valence-electron chi connectivity index (χ3n) is 4.32. The van der Waals surface area contributed by atoms with Gasteiger partial charge in [0.2, 0.25) is 0 Å². The van der Waals surface area contributed by atoms with Gasteiger partial charge >= 0.3 is 24.3 Å².